The molecule has 0 saturated heterocycles. The van der Waals surface area contributed by atoms with E-state index in [9.17, 15) is 22.0 Å². The van der Waals surface area contributed by atoms with Gasteiger partial charge in [-0.3, -0.25) is 0 Å². The smallest absolute Gasteiger partial charge is 0.387 e. The Balaban J connectivity index is 2.07. The standard InChI is InChI=1S/C14H10F5NO/c15-9-1-3-11(16)8(5-9)7-20-10-2-4-13(12(17)6-10)21-14(18)19/h1-6,14,20H,7H2. The number of hydrogen-bond acceptors (Lipinski definition) is 2. The molecule has 0 aromatic heterocycles. The third kappa shape index (κ3) is 4.08. The first-order chi connectivity index (χ1) is 9.95. The van der Waals surface area contributed by atoms with Crippen molar-refractivity contribution in [2.24, 2.45) is 0 Å². The van der Waals surface area contributed by atoms with Crippen LogP contribution in [0.3, 0.4) is 0 Å². The summed E-state index contributed by atoms with van der Waals surface area (Å²) >= 11 is 0. The molecule has 0 atom stereocenters. The topological polar surface area (TPSA) is 21.3 Å². The second kappa shape index (κ2) is 6.43. The van der Waals surface area contributed by atoms with E-state index in [2.05, 4.69) is 10.1 Å². The maximum absolute atomic E-state index is 13.4. The van der Waals surface area contributed by atoms with Crippen LogP contribution >= 0.6 is 0 Å². The predicted octanol–water partition coefficient (Wildman–Crippen LogP) is 4.32. The number of nitrogens with one attached hydrogen (secondary N) is 1. The maximum Gasteiger partial charge on any atom is 0.387 e. The summed E-state index contributed by atoms with van der Waals surface area (Å²) in [4.78, 5) is 0. The molecule has 0 amide bonds. The van der Waals surface area contributed by atoms with Crippen molar-refractivity contribution < 1.29 is 26.7 Å². The van der Waals surface area contributed by atoms with Crippen LogP contribution in [0.1, 0.15) is 5.56 Å². The third-order valence-corrected chi connectivity index (χ3v) is 2.64. The van der Waals surface area contributed by atoms with E-state index in [1.807, 2.05) is 0 Å². The van der Waals surface area contributed by atoms with Gasteiger partial charge in [-0.15, -0.1) is 0 Å². The molecule has 0 heterocycles. The molecule has 0 bridgehead atoms. The van der Waals surface area contributed by atoms with E-state index in [1.165, 1.54) is 6.07 Å². The fourth-order valence-corrected chi connectivity index (χ4v) is 1.68. The molecule has 112 valence electrons. The first kappa shape index (κ1) is 15.1. The molecule has 2 aromatic carbocycles. The number of anilines is 1. The second-order valence-electron chi connectivity index (χ2n) is 4.11. The van der Waals surface area contributed by atoms with E-state index >= 15 is 0 Å². The van der Waals surface area contributed by atoms with Crippen molar-refractivity contribution in [3.05, 3.63) is 59.4 Å². The molecule has 2 nitrogen and oxygen atoms in total. The molecule has 0 unspecified atom stereocenters. The summed E-state index contributed by atoms with van der Waals surface area (Å²) in [6.45, 7) is -3.21. The molecule has 21 heavy (non-hydrogen) atoms. The van der Waals surface area contributed by atoms with Crippen molar-refractivity contribution >= 4 is 5.69 Å². The lowest BCUT2D eigenvalue weighted by atomic mass is 10.2. The van der Waals surface area contributed by atoms with Gasteiger partial charge in [0, 0.05) is 23.9 Å². The fourth-order valence-electron chi connectivity index (χ4n) is 1.68. The lowest BCUT2D eigenvalue weighted by molar-refractivity contribution is -0.0521. The predicted molar refractivity (Wildman–Crippen MR) is 66.7 cm³/mol. The maximum atomic E-state index is 13.4. The summed E-state index contributed by atoms with van der Waals surface area (Å²) in [5, 5.41) is 2.66. The van der Waals surface area contributed by atoms with Crippen molar-refractivity contribution in [2.75, 3.05) is 5.32 Å². The molecule has 2 aromatic rings. The minimum absolute atomic E-state index is 0.0586. The SMILES string of the molecule is Fc1ccc(F)c(CNc2ccc(OC(F)F)c(F)c2)c1. The van der Waals surface area contributed by atoms with Gasteiger partial charge in [0.2, 0.25) is 0 Å². The largest absolute Gasteiger partial charge is 0.432 e. The van der Waals surface area contributed by atoms with Gasteiger partial charge < -0.3 is 10.1 Å². The summed E-state index contributed by atoms with van der Waals surface area (Å²) in [6, 6.07) is 6.20. The molecule has 2 rings (SSSR count). The van der Waals surface area contributed by atoms with Crippen molar-refractivity contribution in [1.29, 1.82) is 0 Å². The highest BCUT2D eigenvalue weighted by Gasteiger charge is 2.10. The zero-order chi connectivity index (χ0) is 15.4. The van der Waals surface area contributed by atoms with Crippen molar-refractivity contribution in [3.8, 4) is 5.75 Å². The highest BCUT2D eigenvalue weighted by Crippen LogP contribution is 2.23. The molecule has 7 heteroatoms. The van der Waals surface area contributed by atoms with E-state index in [4.69, 9.17) is 0 Å². The van der Waals surface area contributed by atoms with Gasteiger partial charge in [-0.25, -0.2) is 13.2 Å². The quantitative estimate of drug-likeness (QED) is 0.831. The van der Waals surface area contributed by atoms with Crippen molar-refractivity contribution in [3.63, 3.8) is 0 Å². The van der Waals surface area contributed by atoms with Crippen LogP contribution in [-0.4, -0.2) is 6.61 Å². The highest BCUT2D eigenvalue weighted by molar-refractivity contribution is 5.47. The molecule has 0 fully saturated rings. The number of benzene rings is 2. The van der Waals surface area contributed by atoms with Gasteiger partial charge in [0.25, 0.3) is 0 Å². The molecule has 0 aliphatic heterocycles. The zero-order valence-corrected chi connectivity index (χ0v) is 10.5. The van der Waals surface area contributed by atoms with E-state index in [0.29, 0.717) is 0 Å². The van der Waals surface area contributed by atoms with Crippen LogP contribution in [-0.2, 0) is 6.54 Å². The van der Waals surface area contributed by atoms with Crippen LogP contribution in [0.15, 0.2) is 36.4 Å². The highest BCUT2D eigenvalue weighted by atomic mass is 19.3. The molecule has 0 aliphatic rings. The Hall–Kier alpha value is -2.31. The zero-order valence-electron chi connectivity index (χ0n) is 10.5. The van der Waals surface area contributed by atoms with Crippen LogP contribution in [0.5, 0.6) is 5.75 Å². The number of hydrogen-bond donors (Lipinski definition) is 1. The molecular weight excluding hydrogens is 293 g/mol. The van der Waals surface area contributed by atoms with Crippen molar-refractivity contribution in [2.45, 2.75) is 13.2 Å². The Kier molecular flexibility index (Phi) is 4.62. The van der Waals surface area contributed by atoms with Gasteiger partial charge in [-0.2, -0.15) is 8.78 Å². The van der Waals surface area contributed by atoms with Gasteiger partial charge in [0.05, 0.1) is 0 Å². The van der Waals surface area contributed by atoms with Gasteiger partial charge in [-0.05, 0) is 30.3 Å². The molecule has 0 saturated carbocycles. The summed E-state index contributed by atoms with van der Waals surface area (Å²) < 4.78 is 67.7. The number of ether oxygens (including phenoxy) is 1. The molecule has 1 N–H and O–H groups in total. The van der Waals surface area contributed by atoms with E-state index in [0.717, 1.165) is 30.3 Å². The van der Waals surface area contributed by atoms with Crippen molar-refractivity contribution in [1.82, 2.24) is 0 Å². The first-order valence-corrected chi connectivity index (χ1v) is 5.88. The van der Waals surface area contributed by atoms with Gasteiger partial charge >= 0.3 is 6.61 Å². The van der Waals surface area contributed by atoms with Gasteiger partial charge in [-0.1, -0.05) is 0 Å². The van der Waals surface area contributed by atoms with E-state index in [-0.39, 0.29) is 17.8 Å². The monoisotopic (exact) mass is 303 g/mol. The Morgan fingerprint density at radius 3 is 2.38 bits per heavy atom. The van der Waals surface area contributed by atoms with Gasteiger partial charge in [0.1, 0.15) is 11.6 Å². The second-order valence-corrected chi connectivity index (χ2v) is 4.11. The summed E-state index contributed by atoms with van der Waals surface area (Å²) in [6.07, 6.45) is 0. The Bertz CT molecular complexity index is 633. The third-order valence-electron chi connectivity index (χ3n) is 2.64. The average molecular weight is 303 g/mol. The lowest BCUT2D eigenvalue weighted by Gasteiger charge is -2.10. The fraction of sp³-hybridized carbons (Fsp3) is 0.143. The lowest BCUT2D eigenvalue weighted by Crippen LogP contribution is -2.05. The normalized spacial score (nSPS) is 10.8. The number of rotatable bonds is 5. The summed E-state index contributed by atoms with van der Waals surface area (Å²) in [7, 11) is 0. The Morgan fingerprint density at radius 1 is 0.952 bits per heavy atom. The minimum atomic E-state index is -3.13. The van der Waals surface area contributed by atoms with Gasteiger partial charge in [0.15, 0.2) is 11.6 Å². The Labute approximate surface area is 117 Å². The van der Waals surface area contributed by atoms with E-state index < -0.39 is 29.8 Å². The Morgan fingerprint density at radius 2 is 1.71 bits per heavy atom. The van der Waals surface area contributed by atoms with Crippen LogP contribution < -0.4 is 10.1 Å². The summed E-state index contributed by atoms with van der Waals surface area (Å²) in [5.41, 5.74) is 0.279. The number of halogens is 5. The molecule has 0 spiro atoms. The molecule has 0 radical (unpaired) electrons. The van der Waals surface area contributed by atoms with E-state index in [1.54, 1.807) is 0 Å². The average Bonchev–Trinajstić information content (AvgIpc) is 2.42. The van der Waals surface area contributed by atoms with Crippen LogP contribution in [0, 0.1) is 17.5 Å². The van der Waals surface area contributed by atoms with Crippen LogP contribution in [0.2, 0.25) is 0 Å². The number of alkyl halides is 2. The van der Waals surface area contributed by atoms with Crippen LogP contribution in [0.25, 0.3) is 0 Å². The molecular formula is C14H10F5NO. The first-order valence-electron chi connectivity index (χ1n) is 5.88. The molecule has 0 aliphatic carbocycles. The van der Waals surface area contributed by atoms with Crippen LogP contribution in [0.4, 0.5) is 27.6 Å². The minimum Gasteiger partial charge on any atom is -0.432 e. The summed E-state index contributed by atoms with van der Waals surface area (Å²) in [5.74, 6) is -2.78.